The van der Waals surface area contributed by atoms with Gasteiger partial charge in [0.1, 0.15) is 11.8 Å². The third-order valence-electron chi connectivity index (χ3n) is 2.26. The summed E-state index contributed by atoms with van der Waals surface area (Å²) >= 11 is 0. The summed E-state index contributed by atoms with van der Waals surface area (Å²) in [4.78, 5) is 3.98. The first kappa shape index (κ1) is 10.2. The highest BCUT2D eigenvalue weighted by atomic mass is 16.3. The van der Waals surface area contributed by atoms with Crippen molar-refractivity contribution < 1.29 is 4.42 Å². The molecule has 2 heterocycles. The zero-order valence-electron chi connectivity index (χ0n) is 8.84. The first-order valence-corrected chi connectivity index (χ1v) is 4.96. The molecule has 2 aromatic heterocycles. The zero-order chi connectivity index (χ0) is 11.4. The number of aromatic nitrogens is 1. The summed E-state index contributed by atoms with van der Waals surface area (Å²) in [6, 6.07) is 9.39. The van der Waals surface area contributed by atoms with Crippen molar-refractivity contribution in [3.8, 4) is 6.07 Å². The molecule has 0 amide bonds. The normalized spacial score (nSPS) is 11.8. The second-order valence-electron chi connectivity index (χ2n) is 3.39. The van der Waals surface area contributed by atoms with E-state index < -0.39 is 0 Å². The number of hydrogen-bond donors (Lipinski definition) is 1. The Labute approximate surface area is 93.5 Å². The standard InChI is InChI=1S/C12H11N3O/c1-9(12-5-3-7-16-12)15-10-4-2-6-14-11(10)8-13/h2-7,9,15H,1H3. The van der Waals surface area contributed by atoms with E-state index >= 15 is 0 Å². The van der Waals surface area contributed by atoms with E-state index in [9.17, 15) is 0 Å². The van der Waals surface area contributed by atoms with E-state index in [1.165, 1.54) is 0 Å². The minimum Gasteiger partial charge on any atom is -0.467 e. The van der Waals surface area contributed by atoms with Crippen LogP contribution in [-0.4, -0.2) is 4.98 Å². The summed E-state index contributed by atoms with van der Waals surface area (Å²) in [5, 5.41) is 12.1. The fourth-order valence-electron chi connectivity index (χ4n) is 1.45. The maximum Gasteiger partial charge on any atom is 0.163 e. The minimum absolute atomic E-state index is 0.00583. The summed E-state index contributed by atoms with van der Waals surface area (Å²) in [6.45, 7) is 1.97. The van der Waals surface area contributed by atoms with E-state index in [1.54, 1.807) is 18.5 Å². The van der Waals surface area contributed by atoms with Crippen molar-refractivity contribution >= 4 is 5.69 Å². The van der Waals surface area contributed by atoms with Crippen LogP contribution in [0.1, 0.15) is 24.4 Å². The molecule has 0 radical (unpaired) electrons. The zero-order valence-corrected chi connectivity index (χ0v) is 8.84. The molecular formula is C12H11N3O. The third kappa shape index (κ3) is 2.04. The molecule has 0 saturated carbocycles. The van der Waals surface area contributed by atoms with Gasteiger partial charge in [0.15, 0.2) is 5.69 Å². The van der Waals surface area contributed by atoms with Gasteiger partial charge in [-0.1, -0.05) is 0 Å². The van der Waals surface area contributed by atoms with Crippen LogP contribution in [0.15, 0.2) is 41.1 Å². The van der Waals surface area contributed by atoms with Crippen LogP contribution in [0.5, 0.6) is 0 Å². The molecule has 1 atom stereocenters. The van der Waals surface area contributed by atoms with Crippen LogP contribution in [-0.2, 0) is 0 Å². The van der Waals surface area contributed by atoms with E-state index in [2.05, 4.69) is 10.3 Å². The van der Waals surface area contributed by atoms with Gasteiger partial charge in [0, 0.05) is 6.20 Å². The van der Waals surface area contributed by atoms with Crippen molar-refractivity contribution in [3.05, 3.63) is 48.2 Å². The number of furan rings is 1. The smallest absolute Gasteiger partial charge is 0.163 e. The summed E-state index contributed by atoms with van der Waals surface area (Å²) in [6.07, 6.45) is 3.23. The van der Waals surface area contributed by atoms with Crippen molar-refractivity contribution in [3.63, 3.8) is 0 Å². The van der Waals surface area contributed by atoms with Crippen LogP contribution >= 0.6 is 0 Å². The number of nitrogens with one attached hydrogen (secondary N) is 1. The lowest BCUT2D eigenvalue weighted by Gasteiger charge is -2.13. The third-order valence-corrected chi connectivity index (χ3v) is 2.26. The average molecular weight is 213 g/mol. The Balaban J connectivity index is 2.19. The van der Waals surface area contributed by atoms with Crippen LogP contribution in [0.4, 0.5) is 5.69 Å². The number of pyridine rings is 1. The van der Waals surface area contributed by atoms with Crippen LogP contribution in [0.25, 0.3) is 0 Å². The molecular weight excluding hydrogens is 202 g/mol. The van der Waals surface area contributed by atoms with Gasteiger partial charge in [0.2, 0.25) is 0 Å². The molecule has 0 aliphatic rings. The number of nitriles is 1. The van der Waals surface area contributed by atoms with Gasteiger partial charge in [-0.15, -0.1) is 0 Å². The molecule has 0 saturated heterocycles. The van der Waals surface area contributed by atoms with E-state index in [0.717, 1.165) is 5.76 Å². The second kappa shape index (κ2) is 4.49. The van der Waals surface area contributed by atoms with E-state index in [1.807, 2.05) is 31.2 Å². The molecule has 0 aliphatic heterocycles. The highest BCUT2D eigenvalue weighted by molar-refractivity contribution is 5.54. The number of rotatable bonds is 3. The molecule has 80 valence electrons. The van der Waals surface area contributed by atoms with Gasteiger partial charge in [-0.2, -0.15) is 5.26 Å². The Morgan fingerprint density at radius 2 is 2.31 bits per heavy atom. The van der Waals surface area contributed by atoms with E-state index in [-0.39, 0.29) is 6.04 Å². The van der Waals surface area contributed by atoms with Crippen LogP contribution in [0.3, 0.4) is 0 Å². The molecule has 4 heteroatoms. The molecule has 2 rings (SSSR count). The van der Waals surface area contributed by atoms with Gasteiger partial charge in [-0.3, -0.25) is 0 Å². The molecule has 2 aromatic rings. The molecule has 0 spiro atoms. The summed E-state index contributed by atoms with van der Waals surface area (Å²) < 4.78 is 5.28. The van der Waals surface area contributed by atoms with Crippen molar-refractivity contribution in [2.75, 3.05) is 5.32 Å². The fraction of sp³-hybridized carbons (Fsp3) is 0.167. The molecule has 0 aromatic carbocycles. The lowest BCUT2D eigenvalue weighted by molar-refractivity contribution is 0.490. The fourth-order valence-corrected chi connectivity index (χ4v) is 1.45. The molecule has 0 fully saturated rings. The number of anilines is 1. The quantitative estimate of drug-likeness (QED) is 0.851. The molecule has 16 heavy (non-hydrogen) atoms. The maximum atomic E-state index is 8.89. The Bertz CT molecular complexity index is 499. The van der Waals surface area contributed by atoms with Gasteiger partial charge >= 0.3 is 0 Å². The van der Waals surface area contributed by atoms with Crippen molar-refractivity contribution in [2.45, 2.75) is 13.0 Å². The van der Waals surface area contributed by atoms with Gasteiger partial charge in [-0.05, 0) is 31.2 Å². The van der Waals surface area contributed by atoms with Crippen molar-refractivity contribution in [2.24, 2.45) is 0 Å². The molecule has 0 aliphatic carbocycles. The van der Waals surface area contributed by atoms with Crippen LogP contribution < -0.4 is 5.32 Å². The van der Waals surface area contributed by atoms with Gasteiger partial charge in [0.25, 0.3) is 0 Å². The van der Waals surface area contributed by atoms with Crippen LogP contribution in [0, 0.1) is 11.3 Å². The van der Waals surface area contributed by atoms with Crippen molar-refractivity contribution in [1.29, 1.82) is 5.26 Å². The number of hydrogen-bond acceptors (Lipinski definition) is 4. The monoisotopic (exact) mass is 213 g/mol. The van der Waals surface area contributed by atoms with Crippen molar-refractivity contribution in [1.82, 2.24) is 4.98 Å². The van der Waals surface area contributed by atoms with Gasteiger partial charge in [0.05, 0.1) is 18.0 Å². The highest BCUT2D eigenvalue weighted by Crippen LogP contribution is 2.20. The lowest BCUT2D eigenvalue weighted by atomic mass is 10.2. The summed E-state index contributed by atoms with van der Waals surface area (Å²) in [5.41, 5.74) is 1.11. The first-order valence-electron chi connectivity index (χ1n) is 4.96. The average Bonchev–Trinajstić information content (AvgIpc) is 2.83. The summed E-state index contributed by atoms with van der Waals surface area (Å²) in [5.74, 6) is 0.827. The SMILES string of the molecule is CC(Nc1cccnc1C#N)c1ccco1. The Morgan fingerprint density at radius 3 is 3.00 bits per heavy atom. The Hall–Kier alpha value is -2.28. The first-order chi connectivity index (χ1) is 7.81. The van der Waals surface area contributed by atoms with E-state index in [0.29, 0.717) is 11.4 Å². The maximum absolute atomic E-state index is 8.89. The van der Waals surface area contributed by atoms with Gasteiger partial charge in [-0.25, -0.2) is 4.98 Å². The van der Waals surface area contributed by atoms with Crippen LogP contribution in [0.2, 0.25) is 0 Å². The predicted octanol–water partition coefficient (Wildman–Crippen LogP) is 2.72. The molecule has 4 nitrogen and oxygen atoms in total. The second-order valence-corrected chi connectivity index (χ2v) is 3.39. The number of nitrogens with zero attached hydrogens (tertiary/aromatic N) is 2. The Morgan fingerprint density at radius 1 is 1.44 bits per heavy atom. The lowest BCUT2D eigenvalue weighted by Crippen LogP contribution is -2.07. The molecule has 1 unspecified atom stereocenters. The molecule has 0 bridgehead atoms. The highest BCUT2D eigenvalue weighted by Gasteiger charge is 2.10. The minimum atomic E-state index is 0.00583. The Kier molecular flexibility index (Phi) is 2.88. The van der Waals surface area contributed by atoms with Gasteiger partial charge < -0.3 is 9.73 Å². The largest absolute Gasteiger partial charge is 0.467 e. The predicted molar refractivity (Wildman–Crippen MR) is 59.7 cm³/mol. The topological polar surface area (TPSA) is 61.9 Å². The van der Waals surface area contributed by atoms with E-state index in [4.69, 9.17) is 9.68 Å². The molecule has 1 N–H and O–H groups in total. The summed E-state index contributed by atoms with van der Waals surface area (Å²) in [7, 11) is 0.